The highest BCUT2D eigenvalue weighted by Gasteiger charge is 2.10. The van der Waals surface area contributed by atoms with Gasteiger partial charge in [0.25, 0.3) is 0 Å². The lowest BCUT2D eigenvalue weighted by molar-refractivity contribution is 0.412. The molecule has 0 saturated carbocycles. The maximum atomic E-state index is 5.39. The van der Waals surface area contributed by atoms with Gasteiger partial charge in [-0.15, -0.1) is 0 Å². The quantitative estimate of drug-likeness (QED) is 0.820. The molecule has 0 aliphatic rings. The molecule has 0 saturated heterocycles. The van der Waals surface area contributed by atoms with E-state index in [1.165, 1.54) is 5.69 Å². The Morgan fingerprint density at radius 1 is 1.19 bits per heavy atom. The van der Waals surface area contributed by atoms with E-state index in [1.807, 2.05) is 33.0 Å². The summed E-state index contributed by atoms with van der Waals surface area (Å²) in [6.45, 7) is 7.93. The second-order valence-electron chi connectivity index (χ2n) is 5.40. The van der Waals surface area contributed by atoms with Crippen LogP contribution in [-0.4, -0.2) is 35.5 Å². The highest BCUT2D eigenvalue weighted by molar-refractivity contribution is 5.52. The topological polar surface area (TPSA) is 43.2 Å². The molecule has 21 heavy (non-hydrogen) atoms. The zero-order chi connectivity index (χ0) is 15.4. The van der Waals surface area contributed by atoms with E-state index in [-0.39, 0.29) is 0 Å². The molecule has 2 rings (SSSR count). The van der Waals surface area contributed by atoms with Gasteiger partial charge in [0, 0.05) is 31.5 Å². The van der Waals surface area contributed by atoms with Crippen LogP contribution in [0, 0.1) is 20.8 Å². The average molecular weight is 288 g/mol. The van der Waals surface area contributed by atoms with Crippen molar-refractivity contribution in [3.63, 3.8) is 0 Å². The van der Waals surface area contributed by atoms with Gasteiger partial charge in [0.2, 0.25) is 0 Å². The summed E-state index contributed by atoms with van der Waals surface area (Å²) >= 11 is 0. The van der Waals surface area contributed by atoms with Gasteiger partial charge in [-0.1, -0.05) is 0 Å². The van der Waals surface area contributed by atoms with E-state index < -0.39 is 0 Å². The monoisotopic (exact) mass is 288 g/mol. The summed E-state index contributed by atoms with van der Waals surface area (Å²) in [5.74, 6) is 1.71. The van der Waals surface area contributed by atoms with E-state index in [9.17, 15) is 0 Å². The predicted octanol–water partition coefficient (Wildman–Crippen LogP) is 2.74. The fourth-order valence-corrected chi connectivity index (χ4v) is 2.43. The molecule has 0 bridgehead atoms. The van der Waals surface area contributed by atoms with Crippen molar-refractivity contribution in [1.82, 2.24) is 14.8 Å². The summed E-state index contributed by atoms with van der Waals surface area (Å²) in [4.78, 5) is 6.71. The second-order valence-corrected chi connectivity index (χ2v) is 5.40. The van der Waals surface area contributed by atoms with Gasteiger partial charge in [-0.25, -0.2) is 4.98 Å². The molecule has 5 heteroatoms. The number of rotatable bonds is 6. The largest absolute Gasteiger partial charge is 0.493 e. The molecule has 2 heterocycles. The third-order valence-electron chi connectivity index (χ3n) is 3.53. The molecule has 5 nitrogen and oxygen atoms in total. The third-order valence-corrected chi connectivity index (χ3v) is 3.53. The van der Waals surface area contributed by atoms with Gasteiger partial charge in [0.1, 0.15) is 0 Å². The molecular weight excluding hydrogens is 264 g/mol. The maximum absolute atomic E-state index is 5.39. The summed E-state index contributed by atoms with van der Waals surface area (Å²) < 4.78 is 7.45. The molecule has 2 aromatic rings. The molecule has 114 valence electrons. The summed E-state index contributed by atoms with van der Waals surface area (Å²) in [5.41, 5.74) is 3.28. The minimum Gasteiger partial charge on any atom is -0.493 e. The Bertz CT molecular complexity index is 606. The van der Waals surface area contributed by atoms with Crippen LogP contribution < -0.4 is 9.64 Å². The Balaban J connectivity index is 1.97. The number of hydrogen-bond acceptors (Lipinski definition) is 4. The first-order valence-electron chi connectivity index (χ1n) is 7.25. The minimum absolute atomic E-state index is 0.814. The lowest BCUT2D eigenvalue weighted by atomic mass is 10.3. The SMILES string of the molecule is COc1ccc(C)nc1N(C)CCCn1nc(C)cc1C. The number of ether oxygens (including phenoxy) is 1. The Labute approximate surface area is 126 Å². The van der Waals surface area contributed by atoms with E-state index >= 15 is 0 Å². The van der Waals surface area contributed by atoms with Crippen molar-refractivity contribution in [2.45, 2.75) is 33.7 Å². The molecule has 0 atom stereocenters. The van der Waals surface area contributed by atoms with Crippen LogP contribution in [0.15, 0.2) is 18.2 Å². The van der Waals surface area contributed by atoms with E-state index in [0.29, 0.717) is 0 Å². The fourth-order valence-electron chi connectivity index (χ4n) is 2.43. The van der Waals surface area contributed by atoms with E-state index in [4.69, 9.17) is 4.74 Å². The summed E-state index contributed by atoms with van der Waals surface area (Å²) in [7, 11) is 3.73. The van der Waals surface area contributed by atoms with Crippen LogP contribution in [0.5, 0.6) is 5.75 Å². The predicted molar refractivity (Wildman–Crippen MR) is 85.1 cm³/mol. The molecule has 0 fully saturated rings. The fraction of sp³-hybridized carbons (Fsp3) is 0.500. The van der Waals surface area contributed by atoms with Crippen molar-refractivity contribution in [3.8, 4) is 5.75 Å². The van der Waals surface area contributed by atoms with Crippen LogP contribution in [0.4, 0.5) is 5.82 Å². The number of aromatic nitrogens is 3. The van der Waals surface area contributed by atoms with Crippen molar-refractivity contribution in [3.05, 3.63) is 35.3 Å². The van der Waals surface area contributed by atoms with Gasteiger partial charge in [0.05, 0.1) is 12.8 Å². The summed E-state index contributed by atoms with van der Waals surface area (Å²) in [6.07, 6.45) is 1.01. The zero-order valence-corrected chi connectivity index (χ0v) is 13.6. The van der Waals surface area contributed by atoms with Crippen LogP contribution in [0.3, 0.4) is 0 Å². The molecule has 0 amide bonds. The Kier molecular flexibility index (Phi) is 4.83. The number of nitrogens with zero attached hydrogens (tertiary/aromatic N) is 4. The molecular formula is C16H24N4O. The molecule has 0 aliphatic heterocycles. The smallest absolute Gasteiger partial charge is 0.171 e. The van der Waals surface area contributed by atoms with Crippen LogP contribution in [0.25, 0.3) is 0 Å². The van der Waals surface area contributed by atoms with Crippen LogP contribution in [0.1, 0.15) is 23.5 Å². The Hall–Kier alpha value is -2.04. The number of methoxy groups -OCH3 is 1. The summed E-state index contributed by atoms with van der Waals surface area (Å²) in [5, 5.41) is 4.49. The minimum atomic E-state index is 0.814. The van der Waals surface area contributed by atoms with Crippen molar-refractivity contribution in [2.24, 2.45) is 0 Å². The number of pyridine rings is 1. The van der Waals surface area contributed by atoms with Gasteiger partial charge >= 0.3 is 0 Å². The normalized spacial score (nSPS) is 10.7. The molecule has 0 spiro atoms. The standard InChI is InChI=1S/C16H24N4O/c1-12-7-8-15(21-5)16(17-12)19(4)9-6-10-20-14(3)11-13(2)18-20/h7-8,11H,6,9-10H2,1-5H3. The van der Waals surface area contributed by atoms with Gasteiger partial charge < -0.3 is 9.64 Å². The average Bonchev–Trinajstić information content (AvgIpc) is 2.77. The molecule has 0 unspecified atom stereocenters. The second kappa shape index (κ2) is 6.61. The lowest BCUT2D eigenvalue weighted by Gasteiger charge is -2.21. The van der Waals surface area contributed by atoms with Gasteiger partial charge in [0.15, 0.2) is 11.6 Å². The van der Waals surface area contributed by atoms with Gasteiger partial charge in [-0.2, -0.15) is 5.10 Å². The van der Waals surface area contributed by atoms with E-state index in [1.54, 1.807) is 7.11 Å². The third kappa shape index (κ3) is 3.74. The zero-order valence-electron chi connectivity index (χ0n) is 13.6. The Morgan fingerprint density at radius 2 is 1.95 bits per heavy atom. The first kappa shape index (κ1) is 15.4. The molecule has 0 radical (unpaired) electrons. The van der Waals surface area contributed by atoms with E-state index in [2.05, 4.69) is 32.7 Å². The van der Waals surface area contributed by atoms with Crippen LogP contribution >= 0.6 is 0 Å². The molecule has 0 aliphatic carbocycles. The lowest BCUT2D eigenvalue weighted by Crippen LogP contribution is -2.22. The Morgan fingerprint density at radius 3 is 2.57 bits per heavy atom. The van der Waals surface area contributed by atoms with E-state index in [0.717, 1.165) is 42.5 Å². The van der Waals surface area contributed by atoms with Crippen LogP contribution in [-0.2, 0) is 6.54 Å². The number of aryl methyl sites for hydroxylation is 4. The van der Waals surface area contributed by atoms with Crippen LogP contribution in [0.2, 0.25) is 0 Å². The first-order chi connectivity index (χ1) is 10.0. The van der Waals surface area contributed by atoms with Crippen molar-refractivity contribution >= 4 is 5.82 Å². The van der Waals surface area contributed by atoms with Gasteiger partial charge in [-0.05, 0) is 45.4 Å². The maximum Gasteiger partial charge on any atom is 0.171 e. The van der Waals surface area contributed by atoms with Crippen molar-refractivity contribution in [2.75, 3.05) is 25.6 Å². The highest BCUT2D eigenvalue weighted by Crippen LogP contribution is 2.25. The molecule has 2 aromatic heterocycles. The molecule has 0 aromatic carbocycles. The highest BCUT2D eigenvalue weighted by atomic mass is 16.5. The van der Waals surface area contributed by atoms with Gasteiger partial charge in [-0.3, -0.25) is 4.68 Å². The molecule has 0 N–H and O–H groups in total. The van der Waals surface area contributed by atoms with Crippen molar-refractivity contribution in [1.29, 1.82) is 0 Å². The summed E-state index contributed by atoms with van der Waals surface area (Å²) in [6, 6.07) is 6.04. The number of anilines is 1. The first-order valence-corrected chi connectivity index (χ1v) is 7.25. The number of hydrogen-bond donors (Lipinski definition) is 0. The van der Waals surface area contributed by atoms with Crippen molar-refractivity contribution < 1.29 is 4.74 Å².